The van der Waals surface area contributed by atoms with Crippen molar-refractivity contribution in [2.75, 3.05) is 0 Å². The molecule has 0 fully saturated rings. The van der Waals surface area contributed by atoms with Crippen LogP contribution in [0.15, 0.2) is 16.4 Å². The van der Waals surface area contributed by atoms with Gasteiger partial charge < -0.3 is 4.98 Å². The lowest BCUT2D eigenvalue weighted by molar-refractivity contribution is 0.857. The Morgan fingerprint density at radius 3 is 2.85 bits per heavy atom. The van der Waals surface area contributed by atoms with E-state index in [1.165, 1.54) is 0 Å². The Balaban J connectivity index is 2.44. The predicted molar refractivity (Wildman–Crippen MR) is 83.9 cm³/mol. The number of hydrogen-bond donors (Lipinski definition) is 1. The Labute approximate surface area is 122 Å². The van der Waals surface area contributed by atoms with Gasteiger partial charge in [-0.2, -0.15) is 0 Å². The molecule has 20 heavy (non-hydrogen) atoms. The van der Waals surface area contributed by atoms with Crippen LogP contribution in [0.4, 0.5) is 0 Å². The lowest BCUT2D eigenvalue weighted by Gasteiger charge is -2.06. The first-order valence-corrected chi connectivity index (χ1v) is 7.73. The van der Waals surface area contributed by atoms with Crippen LogP contribution in [-0.4, -0.2) is 15.0 Å². The standard InChI is InChI=1S/C15H19N3OS/c1-4-6-12-8-14(19)18-15(17-12)11(5-2)7-13-10(3)16-9-20-13/h7-9H,4-6H2,1-3H3,(H,17,18,19)/b11-7+. The van der Waals surface area contributed by atoms with E-state index in [1.54, 1.807) is 17.4 Å². The minimum Gasteiger partial charge on any atom is -0.307 e. The number of rotatable bonds is 5. The molecule has 106 valence electrons. The third-order valence-corrected chi connectivity index (χ3v) is 3.95. The van der Waals surface area contributed by atoms with Gasteiger partial charge in [0.05, 0.1) is 16.1 Å². The highest BCUT2D eigenvalue weighted by atomic mass is 32.1. The number of nitrogens with zero attached hydrogens (tertiary/aromatic N) is 2. The molecule has 2 heterocycles. The van der Waals surface area contributed by atoms with Gasteiger partial charge in [-0.3, -0.25) is 4.79 Å². The molecule has 0 saturated carbocycles. The summed E-state index contributed by atoms with van der Waals surface area (Å²) in [5.74, 6) is 0.677. The van der Waals surface area contributed by atoms with Gasteiger partial charge in [-0.25, -0.2) is 9.97 Å². The summed E-state index contributed by atoms with van der Waals surface area (Å²) in [6.45, 7) is 6.13. The number of nitrogens with one attached hydrogen (secondary N) is 1. The third-order valence-electron chi connectivity index (χ3n) is 3.07. The Hall–Kier alpha value is -1.75. The van der Waals surface area contributed by atoms with Crippen molar-refractivity contribution in [2.45, 2.75) is 40.0 Å². The summed E-state index contributed by atoms with van der Waals surface area (Å²) in [6, 6.07) is 1.58. The second kappa shape index (κ2) is 6.61. The monoisotopic (exact) mass is 289 g/mol. The van der Waals surface area contributed by atoms with Gasteiger partial charge in [0.25, 0.3) is 5.56 Å². The smallest absolute Gasteiger partial charge is 0.251 e. The second-order valence-electron chi connectivity index (χ2n) is 4.66. The number of H-pyrrole nitrogens is 1. The Morgan fingerprint density at radius 2 is 2.25 bits per heavy atom. The Kier molecular flexibility index (Phi) is 4.84. The molecule has 0 unspecified atom stereocenters. The van der Waals surface area contributed by atoms with E-state index < -0.39 is 0 Å². The molecule has 0 bridgehead atoms. The van der Waals surface area contributed by atoms with Crippen LogP contribution in [0, 0.1) is 6.92 Å². The molecule has 0 atom stereocenters. The lowest BCUT2D eigenvalue weighted by Crippen LogP contribution is -2.12. The zero-order valence-electron chi connectivity index (χ0n) is 12.1. The number of aromatic amines is 1. The summed E-state index contributed by atoms with van der Waals surface area (Å²) in [6.07, 6.45) is 4.69. The molecule has 0 spiro atoms. The first-order chi connectivity index (χ1) is 9.63. The molecule has 0 aliphatic heterocycles. The van der Waals surface area contributed by atoms with Crippen LogP contribution in [0.3, 0.4) is 0 Å². The molecule has 0 aliphatic rings. The number of aromatic nitrogens is 3. The summed E-state index contributed by atoms with van der Waals surface area (Å²) in [5.41, 5.74) is 4.64. The molecule has 0 saturated heterocycles. The highest BCUT2D eigenvalue weighted by molar-refractivity contribution is 7.10. The van der Waals surface area contributed by atoms with Crippen LogP contribution in [0.25, 0.3) is 11.6 Å². The second-order valence-corrected chi connectivity index (χ2v) is 5.55. The van der Waals surface area contributed by atoms with Crippen LogP contribution < -0.4 is 5.56 Å². The first kappa shape index (κ1) is 14.7. The van der Waals surface area contributed by atoms with Crippen molar-refractivity contribution in [3.05, 3.63) is 44.0 Å². The molecule has 2 aromatic rings. The van der Waals surface area contributed by atoms with Crippen molar-refractivity contribution in [1.29, 1.82) is 0 Å². The van der Waals surface area contributed by atoms with Gasteiger partial charge in [-0.15, -0.1) is 11.3 Å². The minimum atomic E-state index is -0.0844. The quantitative estimate of drug-likeness (QED) is 0.917. The van der Waals surface area contributed by atoms with E-state index in [-0.39, 0.29) is 5.56 Å². The highest BCUT2D eigenvalue weighted by Crippen LogP contribution is 2.22. The van der Waals surface area contributed by atoms with E-state index in [0.29, 0.717) is 5.82 Å². The largest absolute Gasteiger partial charge is 0.307 e. The summed E-state index contributed by atoms with van der Waals surface area (Å²) in [5, 5.41) is 0. The normalized spacial score (nSPS) is 11.8. The highest BCUT2D eigenvalue weighted by Gasteiger charge is 2.07. The fraction of sp³-hybridized carbons (Fsp3) is 0.400. The molecule has 1 N–H and O–H groups in total. The van der Waals surface area contributed by atoms with Crippen LogP contribution in [-0.2, 0) is 6.42 Å². The third kappa shape index (κ3) is 3.42. The van der Waals surface area contributed by atoms with Crippen molar-refractivity contribution in [3.63, 3.8) is 0 Å². The molecular weight excluding hydrogens is 270 g/mol. The molecule has 4 nitrogen and oxygen atoms in total. The fourth-order valence-corrected chi connectivity index (χ4v) is 2.75. The van der Waals surface area contributed by atoms with Crippen molar-refractivity contribution < 1.29 is 0 Å². The number of hydrogen-bond acceptors (Lipinski definition) is 4. The summed E-state index contributed by atoms with van der Waals surface area (Å²) in [7, 11) is 0. The van der Waals surface area contributed by atoms with Crippen LogP contribution >= 0.6 is 11.3 Å². The van der Waals surface area contributed by atoms with E-state index in [1.807, 2.05) is 12.4 Å². The summed E-state index contributed by atoms with van der Waals surface area (Å²) < 4.78 is 0. The Morgan fingerprint density at radius 1 is 1.45 bits per heavy atom. The van der Waals surface area contributed by atoms with Crippen molar-refractivity contribution in [2.24, 2.45) is 0 Å². The van der Waals surface area contributed by atoms with Gasteiger partial charge in [0.15, 0.2) is 0 Å². The maximum Gasteiger partial charge on any atom is 0.251 e. The number of aryl methyl sites for hydroxylation is 2. The molecule has 5 heteroatoms. The molecule has 2 aromatic heterocycles. The topological polar surface area (TPSA) is 58.6 Å². The first-order valence-electron chi connectivity index (χ1n) is 6.85. The van der Waals surface area contributed by atoms with Gasteiger partial charge in [0, 0.05) is 11.8 Å². The van der Waals surface area contributed by atoms with E-state index in [4.69, 9.17) is 0 Å². The molecule has 0 radical (unpaired) electrons. The number of allylic oxidation sites excluding steroid dienone is 1. The van der Waals surface area contributed by atoms with Crippen LogP contribution in [0.2, 0.25) is 0 Å². The number of thiazole rings is 1. The summed E-state index contributed by atoms with van der Waals surface area (Å²) >= 11 is 1.60. The van der Waals surface area contributed by atoms with Crippen molar-refractivity contribution in [3.8, 4) is 0 Å². The van der Waals surface area contributed by atoms with Gasteiger partial charge in [0.2, 0.25) is 0 Å². The van der Waals surface area contributed by atoms with Gasteiger partial charge in [0.1, 0.15) is 5.82 Å². The fourth-order valence-electron chi connectivity index (χ4n) is 1.99. The van der Waals surface area contributed by atoms with Gasteiger partial charge >= 0.3 is 0 Å². The molecule has 2 rings (SSSR count). The lowest BCUT2D eigenvalue weighted by atomic mass is 10.1. The zero-order valence-corrected chi connectivity index (χ0v) is 12.9. The maximum atomic E-state index is 11.7. The van der Waals surface area contributed by atoms with E-state index in [2.05, 4.69) is 34.9 Å². The average Bonchev–Trinajstić information content (AvgIpc) is 2.81. The predicted octanol–water partition coefficient (Wildman–Crippen LogP) is 3.44. The van der Waals surface area contributed by atoms with Crippen LogP contribution in [0.1, 0.15) is 48.8 Å². The van der Waals surface area contributed by atoms with Gasteiger partial charge in [-0.05, 0) is 31.4 Å². The SMILES string of the molecule is CCCc1cc(=O)[nH]c(/C(=C/c2scnc2C)CC)n1. The summed E-state index contributed by atoms with van der Waals surface area (Å²) in [4.78, 5) is 24.5. The minimum absolute atomic E-state index is 0.0844. The van der Waals surface area contributed by atoms with E-state index >= 15 is 0 Å². The van der Waals surface area contributed by atoms with E-state index in [9.17, 15) is 4.79 Å². The molecule has 0 aliphatic carbocycles. The van der Waals surface area contributed by atoms with Gasteiger partial charge in [-0.1, -0.05) is 20.3 Å². The molecule has 0 amide bonds. The van der Waals surface area contributed by atoms with Crippen LogP contribution in [0.5, 0.6) is 0 Å². The average molecular weight is 289 g/mol. The molecular formula is C15H19N3OS. The van der Waals surface area contributed by atoms with E-state index in [0.717, 1.165) is 41.1 Å². The maximum absolute atomic E-state index is 11.7. The van der Waals surface area contributed by atoms with Crippen molar-refractivity contribution in [1.82, 2.24) is 15.0 Å². The van der Waals surface area contributed by atoms with Crippen molar-refractivity contribution >= 4 is 23.0 Å². The molecule has 0 aromatic carbocycles. The zero-order chi connectivity index (χ0) is 14.5. The Bertz CT molecular complexity index is 670.